The first-order valence-corrected chi connectivity index (χ1v) is 4.79. The number of anilines is 1. The number of carbonyl (C=O) groups is 1. The summed E-state index contributed by atoms with van der Waals surface area (Å²) in [6, 6.07) is 1.16. The average molecular weight is 212 g/mol. The van der Waals surface area contributed by atoms with Crippen LogP contribution in [0, 0.1) is 0 Å². The summed E-state index contributed by atoms with van der Waals surface area (Å²) in [5.41, 5.74) is 5.67. The van der Waals surface area contributed by atoms with E-state index in [1.807, 2.05) is 0 Å². The first-order chi connectivity index (χ1) is 7.24. The molecule has 6 nitrogen and oxygen atoms in total. The van der Waals surface area contributed by atoms with Gasteiger partial charge in [0.25, 0.3) is 0 Å². The molecule has 6 heteroatoms. The molecule has 1 rings (SSSR count). The zero-order valence-corrected chi connectivity index (χ0v) is 8.69. The van der Waals surface area contributed by atoms with Crippen LogP contribution < -0.4 is 11.1 Å². The van der Waals surface area contributed by atoms with Gasteiger partial charge in [0.15, 0.2) is 0 Å². The summed E-state index contributed by atoms with van der Waals surface area (Å²) in [7, 11) is 1.62. The normalized spacial score (nSPS) is 12.4. The van der Waals surface area contributed by atoms with Gasteiger partial charge in [-0.2, -0.15) is 5.10 Å². The monoisotopic (exact) mass is 212 g/mol. The van der Waals surface area contributed by atoms with E-state index in [4.69, 9.17) is 10.5 Å². The Balaban J connectivity index is 2.27. The number of nitrogens with two attached hydrogens (primary N) is 1. The van der Waals surface area contributed by atoms with Gasteiger partial charge in [-0.25, -0.2) is 0 Å². The predicted molar refractivity (Wildman–Crippen MR) is 56.3 cm³/mol. The second-order valence-corrected chi connectivity index (χ2v) is 3.20. The van der Waals surface area contributed by atoms with Crippen molar-refractivity contribution < 1.29 is 9.53 Å². The minimum Gasteiger partial charge on any atom is -0.385 e. The summed E-state index contributed by atoms with van der Waals surface area (Å²) in [5, 5.41) is 8.96. The second-order valence-electron chi connectivity index (χ2n) is 3.20. The van der Waals surface area contributed by atoms with Crippen molar-refractivity contribution in [2.75, 3.05) is 19.0 Å². The van der Waals surface area contributed by atoms with Crippen LogP contribution >= 0.6 is 0 Å². The molecule has 0 spiro atoms. The number of amides is 1. The lowest BCUT2D eigenvalue weighted by Crippen LogP contribution is -2.35. The summed E-state index contributed by atoms with van der Waals surface area (Å²) in [5.74, 6) is 0.345. The van der Waals surface area contributed by atoms with Crippen LogP contribution in [0.1, 0.15) is 12.8 Å². The molecule has 0 bridgehead atoms. The lowest BCUT2D eigenvalue weighted by atomic mass is 10.1. The van der Waals surface area contributed by atoms with Crippen molar-refractivity contribution in [3.05, 3.63) is 12.3 Å². The number of aromatic amines is 1. The van der Waals surface area contributed by atoms with E-state index in [-0.39, 0.29) is 5.91 Å². The predicted octanol–water partition coefficient (Wildman–Crippen LogP) is 0.102. The Morgan fingerprint density at radius 1 is 1.80 bits per heavy atom. The molecule has 1 unspecified atom stereocenters. The van der Waals surface area contributed by atoms with Crippen molar-refractivity contribution in [1.82, 2.24) is 10.2 Å². The van der Waals surface area contributed by atoms with E-state index in [1.165, 1.54) is 0 Å². The quantitative estimate of drug-likeness (QED) is 0.583. The van der Waals surface area contributed by atoms with Gasteiger partial charge < -0.3 is 15.8 Å². The maximum atomic E-state index is 11.5. The minimum atomic E-state index is -0.511. The molecular weight excluding hydrogens is 196 g/mol. The van der Waals surface area contributed by atoms with Crippen molar-refractivity contribution in [3.8, 4) is 0 Å². The number of carbonyl (C=O) groups excluding carboxylic acids is 1. The Morgan fingerprint density at radius 3 is 3.20 bits per heavy atom. The van der Waals surface area contributed by atoms with Crippen LogP contribution in [0.4, 0.5) is 5.82 Å². The van der Waals surface area contributed by atoms with Gasteiger partial charge in [-0.3, -0.25) is 9.89 Å². The fraction of sp³-hybridized carbons (Fsp3) is 0.556. The van der Waals surface area contributed by atoms with Crippen LogP contribution in [0.3, 0.4) is 0 Å². The molecule has 1 aromatic rings. The summed E-state index contributed by atoms with van der Waals surface area (Å²) < 4.78 is 4.87. The third-order valence-electron chi connectivity index (χ3n) is 1.96. The number of ether oxygens (including phenoxy) is 1. The standard InChI is InChI=1S/C9H16N4O2/c1-15-6-2-3-7(10)9(14)12-8-4-5-11-13-8/h4-5,7H,2-3,6,10H2,1H3,(H2,11,12,13,14). The van der Waals surface area contributed by atoms with Crippen LogP contribution in [-0.4, -0.2) is 35.9 Å². The van der Waals surface area contributed by atoms with E-state index in [0.29, 0.717) is 18.8 Å². The first-order valence-electron chi connectivity index (χ1n) is 4.79. The van der Waals surface area contributed by atoms with Gasteiger partial charge >= 0.3 is 0 Å². The molecule has 15 heavy (non-hydrogen) atoms. The molecule has 1 amide bonds. The van der Waals surface area contributed by atoms with Crippen LogP contribution in [0.5, 0.6) is 0 Å². The number of hydrogen-bond donors (Lipinski definition) is 3. The zero-order valence-electron chi connectivity index (χ0n) is 8.69. The molecule has 0 aromatic carbocycles. The lowest BCUT2D eigenvalue weighted by Gasteiger charge is -2.10. The largest absolute Gasteiger partial charge is 0.385 e. The Labute approximate surface area is 88.2 Å². The van der Waals surface area contributed by atoms with E-state index in [9.17, 15) is 4.79 Å². The second kappa shape index (κ2) is 6.15. The first kappa shape index (κ1) is 11.7. The van der Waals surface area contributed by atoms with Crippen LogP contribution in [0.15, 0.2) is 12.3 Å². The summed E-state index contributed by atoms with van der Waals surface area (Å²) in [4.78, 5) is 11.5. The Bertz CT molecular complexity index is 286. The maximum Gasteiger partial charge on any atom is 0.242 e. The third kappa shape index (κ3) is 4.09. The van der Waals surface area contributed by atoms with Gasteiger partial charge in [0, 0.05) is 19.8 Å². The number of aromatic nitrogens is 2. The van der Waals surface area contributed by atoms with Crippen molar-refractivity contribution in [2.45, 2.75) is 18.9 Å². The maximum absolute atomic E-state index is 11.5. The molecule has 4 N–H and O–H groups in total. The number of H-pyrrole nitrogens is 1. The topological polar surface area (TPSA) is 93.0 Å². The fourth-order valence-electron chi connectivity index (χ4n) is 1.13. The molecule has 1 aromatic heterocycles. The van der Waals surface area contributed by atoms with Gasteiger partial charge in [0.05, 0.1) is 12.2 Å². The number of nitrogens with one attached hydrogen (secondary N) is 2. The highest BCUT2D eigenvalue weighted by atomic mass is 16.5. The summed E-state index contributed by atoms with van der Waals surface area (Å²) in [6.45, 7) is 0.616. The third-order valence-corrected chi connectivity index (χ3v) is 1.96. The highest BCUT2D eigenvalue weighted by Crippen LogP contribution is 2.02. The molecule has 1 heterocycles. The number of nitrogens with zero attached hydrogens (tertiary/aromatic N) is 1. The lowest BCUT2D eigenvalue weighted by molar-refractivity contribution is -0.117. The number of rotatable bonds is 6. The molecule has 0 aliphatic carbocycles. The molecule has 0 radical (unpaired) electrons. The molecule has 0 fully saturated rings. The van der Waals surface area contributed by atoms with E-state index in [0.717, 1.165) is 6.42 Å². The van der Waals surface area contributed by atoms with Crippen molar-refractivity contribution >= 4 is 11.7 Å². The zero-order chi connectivity index (χ0) is 11.1. The van der Waals surface area contributed by atoms with Gasteiger partial charge in [-0.15, -0.1) is 0 Å². The smallest absolute Gasteiger partial charge is 0.242 e. The van der Waals surface area contributed by atoms with Gasteiger partial charge in [-0.1, -0.05) is 0 Å². The van der Waals surface area contributed by atoms with Crippen LogP contribution in [0.2, 0.25) is 0 Å². The Hall–Kier alpha value is -1.40. The molecule has 0 aliphatic rings. The molecule has 0 saturated carbocycles. The van der Waals surface area contributed by atoms with Crippen molar-refractivity contribution in [3.63, 3.8) is 0 Å². The van der Waals surface area contributed by atoms with Gasteiger partial charge in [0.2, 0.25) is 5.91 Å². The van der Waals surface area contributed by atoms with E-state index in [1.54, 1.807) is 19.4 Å². The van der Waals surface area contributed by atoms with Gasteiger partial charge in [-0.05, 0) is 12.8 Å². The molecule has 0 aliphatic heterocycles. The molecule has 0 saturated heterocycles. The van der Waals surface area contributed by atoms with Crippen LogP contribution in [-0.2, 0) is 9.53 Å². The van der Waals surface area contributed by atoms with E-state index >= 15 is 0 Å². The van der Waals surface area contributed by atoms with Crippen molar-refractivity contribution in [2.24, 2.45) is 5.73 Å². The highest BCUT2D eigenvalue weighted by molar-refractivity contribution is 5.93. The fourth-order valence-corrected chi connectivity index (χ4v) is 1.13. The molecule has 84 valence electrons. The van der Waals surface area contributed by atoms with Gasteiger partial charge in [0.1, 0.15) is 5.82 Å². The van der Waals surface area contributed by atoms with E-state index in [2.05, 4.69) is 15.5 Å². The summed E-state index contributed by atoms with van der Waals surface area (Å²) in [6.07, 6.45) is 2.94. The Morgan fingerprint density at radius 2 is 2.60 bits per heavy atom. The Kier molecular flexibility index (Phi) is 4.79. The van der Waals surface area contributed by atoms with Crippen LogP contribution in [0.25, 0.3) is 0 Å². The van der Waals surface area contributed by atoms with Crippen molar-refractivity contribution in [1.29, 1.82) is 0 Å². The molecular formula is C9H16N4O2. The minimum absolute atomic E-state index is 0.213. The van der Waals surface area contributed by atoms with E-state index < -0.39 is 6.04 Å². The SMILES string of the molecule is COCCCC(N)C(=O)Nc1ccn[nH]1. The summed E-state index contributed by atoms with van der Waals surface area (Å²) >= 11 is 0. The average Bonchev–Trinajstić information content (AvgIpc) is 2.70. The highest BCUT2D eigenvalue weighted by Gasteiger charge is 2.13. The number of hydrogen-bond acceptors (Lipinski definition) is 4. The molecule has 1 atom stereocenters. The number of methoxy groups -OCH3 is 1.